The molecular weight excluding hydrogens is 240 g/mol. The van der Waals surface area contributed by atoms with Crippen molar-refractivity contribution in [3.05, 3.63) is 42.1 Å². The lowest BCUT2D eigenvalue weighted by atomic mass is 10.1. The lowest BCUT2D eigenvalue weighted by Crippen LogP contribution is -2.40. The average Bonchev–Trinajstić information content (AvgIpc) is 2.43. The number of aromatic nitrogens is 1. The van der Waals surface area contributed by atoms with Gasteiger partial charge in [-0.25, -0.2) is 4.98 Å². The number of hydrogen-bond acceptors (Lipinski definition) is 3. The first kappa shape index (κ1) is 13.2. The second-order valence-corrected chi connectivity index (χ2v) is 4.77. The zero-order valence-corrected chi connectivity index (χ0v) is 11.0. The molecular formula is C15H16N2O2. The summed E-state index contributed by atoms with van der Waals surface area (Å²) in [6.07, 6.45) is 0.754. The van der Waals surface area contributed by atoms with E-state index < -0.39 is 6.04 Å². The van der Waals surface area contributed by atoms with E-state index in [4.69, 9.17) is 0 Å². The minimum absolute atomic E-state index is 0.0573. The van der Waals surface area contributed by atoms with Gasteiger partial charge in [0.1, 0.15) is 12.0 Å². The van der Waals surface area contributed by atoms with Crippen LogP contribution in [0.1, 0.15) is 24.3 Å². The Hall–Kier alpha value is -2.23. The maximum Gasteiger partial charge on any atom is 0.270 e. The number of benzene rings is 1. The van der Waals surface area contributed by atoms with E-state index in [1.807, 2.05) is 44.2 Å². The third kappa shape index (κ3) is 2.96. The topological polar surface area (TPSA) is 59.1 Å². The second kappa shape index (κ2) is 5.61. The zero-order valence-electron chi connectivity index (χ0n) is 11.0. The smallest absolute Gasteiger partial charge is 0.270 e. The van der Waals surface area contributed by atoms with E-state index in [1.165, 1.54) is 0 Å². The average molecular weight is 256 g/mol. The van der Waals surface area contributed by atoms with Gasteiger partial charge in [0.25, 0.3) is 5.91 Å². The largest absolute Gasteiger partial charge is 0.341 e. The molecule has 19 heavy (non-hydrogen) atoms. The number of nitrogens with one attached hydrogen (secondary N) is 1. The molecule has 4 nitrogen and oxygen atoms in total. The molecule has 2 aromatic rings. The Morgan fingerprint density at radius 3 is 2.63 bits per heavy atom. The Balaban J connectivity index is 2.24. The number of fused-ring (bicyclic) bond motifs is 1. The number of carbonyl (C=O) groups is 2. The fourth-order valence-corrected chi connectivity index (χ4v) is 1.78. The fourth-order valence-electron chi connectivity index (χ4n) is 1.78. The molecule has 0 saturated carbocycles. The van der Waals surface area contributed by atoms with Crippen LogP contribution in [0, 0.1) is 5.92 Å². The molecule has 0 aliphatic heterocycles. The van der Waals surface area contributed by atoms with Crippen molar-refractivity contribution in [2.24, 2.45) is 5.92 Å². The molecule has 0 saturated heterocycles. The number of nitrogens with zero attached hydrogens (tertiary/aromatic N) is 1. The molecule has 1 aromatic heterocycles. The van der Waals surface area contributed by atoms with Crippen LogP contribution in [0.4, 0.5) is 0 Å². The number of carbonyl (C=O) groups excluding carboxylic acids is 2. The second-order valence-electron chi connectivity index (χ2n) is 4.77. The summed E-state index contributed by atoms with van der Waals surface area (Å²) in [5.74, 6) is -0.265. The van der Waals surface area contributed by atoms with Gasteiger partial charge in [0.15, 0.2) is 0 Å². The number of rotatable bonds is 4. The van der Waals surface area contributed by atoms with Crippen molar-refractivity contribution in [3.8, 4) is 0 Å². The lowest BCUT2D eigenvalue weighted by molar-refractivity contribution is -0.110. The van der Waals surface area contributed by atoms with Crippen LogP contribution in [0.2, 0.25) is 0 Å². The van der Waals surface area contributed by atoms with Gasteiger partial charge < -0.3 is 10.1 Å². The molecule has 1 atom stereocenters. The number of aldehydes is 1. The Morgan fingerprint density at radius 2 is 1.95 bits per heavy atom. The number of hydrogen-bond donors (Lipinski definition) is 1. The maximum absolute atomic E-state index is 12.0. The van der Waals surface area contributed by atoms with Crippen LogP contribution in [-0.4, -0.2) is 23.2 Å². The monoisotopic (exact) mass is 256 g/mol. The third-order valence-electron chi connectivity index (χ3n) is 2.99. The third-order valence-corrected chi connectivity index (χ3v) is 2.99. The van der Waals surface area contributed by atoms with Gasteiger partial charge in [0.05, 0.1) is 11.6 Å². The van der Waals surface area contributed by atoms with E-state index in [9.17, 15) is 9.59 Å². The Kier molecular flexibility index (Phi) is 3.90. The molecule has 0 bridgehead atoms. The fraction of sp³-hybridized carbons (Fsp3) is 0.267. The minimum Gasteiger partial charge on any atom is -0.341 e. The van der Waals surface area contributed by atoms with Crippen molar-refractivity contribution in [2.75, 3.05) is 0 Å². The van der Waals surface area contributed by atoms with Crippen molar-refractivity contribution in [1.29, 1.82) is 0 Å². The number of amides is 1. The van der Waals surface area contributed by atoms with Crippen LogP contribution in [0.25, 0.3) is 10.9 Å². The lowest BCUT2D eigenvalue weighted by Gasteiger charge is -2.15. The first-order chi connectivity index (χ1) is 9.11. The Labute approximate surface area is 111 Å². The first-order valence-corrected chi connectivity index (χ1v) is 6.24. The van der Waals surface area contributed by atoms with Crippen molar-refractivity contribution in [3.63, 3.8) is 0 Å². The summed E-state index contributed by atoms with van der Waals surface area (Å²) in [7, 11) is 0. The summed E-state index contributed by atoms with van der Waals surface area (Å²) in [4.78, 5) is 27.2. The molecule has 1 N–H and O–H groups in total. The van der Waals surface area contributed by atoms with E-state index in [1.54, 1.807) is 6.07 Å². The van der Waals surface area contributed by atoms with Crippen LogP contribution in [0.3, 0.4) is 0 Å². The van der Waals surface area contributed by atoms with Crippen molar-refractivity contribution >= 4 is 23.1 Å². The van der Waals surface area contributed by atoms with Crippen LogP contribution < -0.4 is 5.32 Å². The molecule has 0 spiro atoms. The molecule has 4 heteroatoms. The molecule has 0 unspecified atom stereocenters. The zero-order chi connectivity index (χ0) is 13.8. The van der Waals surface area contributed by atoms with E-state index >= 15 is 0 Å². The molecule has 1 aromatic carbocycles. The number of para-hydroxylation sites is 1. The number of pyridine rings is 1. The highest BCUT2D eigenvalue weighted by Gasteiger charge is 2.17. The van der Waals surface area contributed by atoms with Crippen molar-refractivity contribution < 1.29 is 9.59 Å². The van der Waals surface area contributed by atoms with Gasteiger partial charge in [-0.2, -0.15) is 0 Å². The van der Waals surface area contributed by atoms with Gasteiger partial charge in [-0.05, 0) is 18.1 Å². The molecule has 1 heterocycles. The molecule has 2 rings (SSSR count). The molecule has 1 amide bonds. The molecule has 0 aliphatic rings. The van der Waals surface area contributed by atoms with E-state index in [0.717, 1.165) is 17.2 Å². The summed E-state index contributed by atoms with van der Waals surface area (Å²) in [5.41, 5.74) is 1.09. The summed E-state index contributed by atoms with van der Waals surface area (Å²) < 4.78 is 0. The van der Waals surface area contributed by atoms with Gasteiger partial charge in [-0.1, -0.05) is 38.1 Å². The maximum atomic E-state index is 12.0. The minimum atomic E-state index is -0.485. The van der Waals surface area contributed by atoms with E-state index in [0.29, 0.717) is 5.69 Å². The highest BCUT2D eigenvalue weighted by molar-refractivity contribution is 5.96. The van der Waals surface area contributed by atoms with Gasteiger partial charge in [-0.3, -0.25) is 4.79 Å². The molecule has 0 radical (unpaired) electrons. The Bertz CT molecular complexity index is 608. The van der Waals surface area contributed by atoms with E-state index in [2.05, 4.69) is 10.3 Å². The van der Waals surface area contributed by atoms with Gasteiger partial charge in [-0.15, -0.1) is 0 Å². The van der Waals surface area contributed by atoms with Crippen molar-refractivity contribution in [1.82, 2.24) is 10.3 Å². The van der Waals surface area contributed by atoms with Crippen LogP contribution in [0.15, 0.2) is 36.4 Å². The standard InChI is InChI=1S/C15H16N2O2/c1-10(2)14(9-18)17-15(19)13-8-7-11-5-3-4-6-12(11)16-13/h3-10,14H,1-2H3,(H,17,19)/t14-/m1/s1. The predicted molar refractivity (Wildman–Crippen MR) is 73.9 cm³/mol. The van der Waals surface area contributed by atoms with Gasteiger partial charge in [0, 0.05) is 5.39 Å². The summed E-state index contributed by atoms with van der Waals surface area (Å²) in [5, 5.41) is 3.66. The summed E-state index contributed by atoms with van der Waals surface area (Å²) in [6.45, 7) is 3.76. The van der Waals surface area contributed by atoms with Crippen LogP contribution in [0.5, 0.6) is 0 Å². The molecule has 98 valence electrons. The van der Waals surface area contributed by atoms with Gasteiger partial charge >= 0.3 is 0 Å². The highest BCUT2D eigenvalue weighted by atomic mass is 16.2. The van der Waals surface area contributed by atoms with Gasteiger partial charge in [0.2, 0.25) is 0 Å². The normalized spacial score (nSPS) is 12.4. The van der Waals surface area contributed by atoms with Crippen molar-refractivity contribution in [2.45, 2.75) is 19.9 Å². The quantitative estimate of drug-likeness (QED) is 0.853. The highest BCUT2D eigenvalue weighted by Crippen LogP contribution is 2.12. The summed E-state index contributed by atoms with van der Waals surface area (Å²) >= 11 is 0. The summed E-state index contributed by atoms with van der Waals surface area (Å²) in [6, 6.07) is 10.6. The predicted octanol–water partition coefficient (Wildman–Crippen LogP) is 2.19. The van der Waals surface area contributed by atoms with Crippen LogP contribution in [-0.2, 0) is 4.79 Å². The molecule has 0 fully saturated rings. The van der Waals surface area contributed by atoms with Crippen LogP contribution >= 0.6 is 0 Å². The SMILES string of the molecule is CC(C)[C@@H](C=O)NC(=O)c1ccc2ccccc2n1. The van der Waals surface area contributed by atoms with E-state index in [-0.39, 0.29) is 11.8 Å². The molecule has 0 aliphatic carbocycles. The first-order valence-electron chi connectivity index (χ1n) is 6.24. The Morgan fingerprint density at radius 1 is 1.21 bits per heavy atom.